The lowest BCUT2D eigenvalue weighted by atomic mass is 10.1. The minimum absolute atomic E-state index is 0.0392. The zero-order valence-electron chi connectivity index (χ0n) is 12.1. The van der Waals surface area contributed by atoms with Crippen molar-refractivity contribution >= 4 is 35.1 Å². The molecule has 0 aromatic heterocycles. The molecule has 0 saturated heterocycles. The van der Waals surface area contributed by atoms with Gasteiger partial charge in [-0.1, -0.05) is 41.9 Å². The van der Waals surface area contributed by atoms with Crippen LogP contribution in [0.1, 0.15) is 5.56 Å². The number of hydrogen-bond donors (Lipinski definition) is 1. The number of ether oxygens (including phenoxy) is 3. The van der Waals surface area contributed by atoms with E-state index in [4.69, 9.17) is 37.4 Å². The van der Waals surface area contributed by atoms with E-state index < -0.39 is 22.8 Å². The van der Waals surface area contributed by atoms with Gasteiger partial charge >= 0.3 is 5.97 Å². The van der Waals surface area contributed by atoms with Gasteiger partial charge in [0.1, 0.15) is 12.6 Å². The average molecular weight is 360 g/mol. The number of nitrogens with one attached hydrogen (secondary N) is 1. The highest BCUT2D eigenvalue weighted by Crippen LogP contribution is 2.32. The quantitative estimate of drug-likeness (QED) is 0.457. The number of halogens is 2. The van der Waals surface area contributed by atoms with Crippen molar-refractivity contribution in [2.75, 3.05) is 13.4 Å². The molecule has 0 radical (unpaired) electrons. The minimum Gasteiger partial charge on any atom is -0.460 e. The zero-order chi connectivity index (χ0) is 16.8. The summed E-state index contributed by atoms with van der Waals surface area (Å²) in [5, 5.41) is 2.46. The van der Waals surface area contributed by atoms with Crippen molar-refractivity contribution in [2.45, 2.75) is 17.3 Å². The van der Waals surface area contributed by atoms with Crippen LogP contribution in [0, 0.1) is 0 Å². The second-order valence-electron chi connectivity index (χ2n) is 4.67. The van der Waals surface area contributed by atoms with Crippen molar-refractivity contribution in [2.24, 2.45) is 0 Å². The lowest BCUT2D eigenvalue weighted by molar-refractivity contribution is -0.146. The lowest BCUT2D eigenvalue weighted by Gasteiger charge is -2.18. The van der Waals surface area contributed by atoms with Gasteiger partial charge in [-0.25, -0.2) is 4.79 Å². The second-order valence-corrected chi connectivity index (χ2v) is 5.77. The fourth-order valence-corrected chi connectivity index (χ4v) is 2.10. The molecule has 8 heteroatoms. The summed E-state index contributed by atoms with van der Waals surface area (Å²) >= 11 is 11.0. The van der Waals surface area contributed by atoms with E-state index >= 15 is 0 Å². The molecule has 1 heterocycles. The molecule has 2 rings (SSSR count). The van der Waals surface area contributed by atoms with E-state index in [0.717, 1.165) is 5.56 Å². The topological polar surface area (TPSA) is 73.9 Å². The van der Waals surface area contributed by atoms with Gasteiger partial charge in [-0.2, -0.15) is 0 Å². The van der Waals surface area contributed by atoms with E-state index in [1.165, 1.54) is 6.08 Å². The standard InChI is InChI=1S/C15H15Cl2NO5/c1-2-5-21-15(20)10(18-14(19)13(16)17)6-9-3-4-11-12(7-9)23-8-22-11/h2-4,7,10,13H,1,5-6,8H2,(H,18,19). The number of benzene rings is 1. The monoisotopic (exact) mass is 359 g/mol. The first-order valence-electron chi connectivity index (χ1n) is 6.76. The van der Waals surface area contributed by atoms with Crippen molar-refractivity contribution in [3.8, 4) is 11.5 Å². The summed E-state index contributed by atoms with van der Waals surface area (Å²) in [7, 11) is 0. The van der Waals surface area contributed by atoms with Crippen molar-refractivity contribution in [1.82, 2.24) is 5.32 Å². The molecule has 1 aromatic carbocycles. The molecule has 1 aliphatic rings. The summed E-state index contributed by atoms with van der Waals surface area (Å²) in [4.78, 5) is 22.5. The highest BCUT2D eigenvalue weighted by atomic mass is 35.5. The molecule has 23 heavy (non-hydrogen) atoms. The molecule has 0 bridgehead atoms. The predicted octanol–water partition coefficient (Wildman–Crippen LogP) is 1.98. The predicted molar refractivity (Wildman–Crippen MR) is 84.8 cm³/mol. The van der Waals surface area contributed by atoms with Crippen molar-refractivity contribution in [1.29, 1.82) is 0 Å². The smallest absolute Gasteiger partial charge is 0.329 e. The van der Waals surface area contributed by atoms with Crippen LogP contribution in [-0.2, 0) is 20.7 Å². The number of esters is 1. The Labute approximate surface area is 143 Å². The van der Waals surface area contributed by atoms with Crippen LogP contribution < -0.4 is 14.8 Å². The van der Waals surface area contributed by atoms with Crippen molar-refractivity contribution in [3.05, 3.63) is 36.4 Å². The lowest BCUT2D eigenvalue weighted by Crippen LogP contribution is -2.45. The summed E-state index contributed by atoms with van der Waals surface area (Å²) in [6.45, 7) is 3.66. The second kappa shape index (κ2) is 8.08. The first kappa shape index (κ1) is 17.4. The van der Waals surface area contributed by atoms with Crippen LogP contribution in [0.3, 0.4) is 0 Å². The van der Waals surface area contributed by atoms with Crippen LogP contribution in [-0.4, -0.2) is 36.2 Å². The molecule has 0 aliphatic carbocycles. The number of hydrogen-bond acceptors (Lipinski definition) is 5. The third kappa shape index (κ3) is 4.77. The number of alkyl halides is 2. The third-order valence-electron chi connectivity index (χ3n) is 3.02. The summed E-state index contributed by atoms with van der Waals surface area (Å²) in [6.07, 6.45) is 1.63. The fraction of sp³-hybridized carbons (Fsp3) is 0.333. The van der Waals surface area contributed by atoms with E-state index in [0.29, 0.717) is 11.5 Å². The maximum Gasteiger partial charge on any atom is 0.329 e. The molecule has 1 N–H and O–H groups in total. The maximum atomic E-state index is 12.1. The highest BCUT2D eigenvalue weighted by Gasteiger charge is 2.26. The Hall–Kier alpha value is -1.92. The number of rotatable bonds is 7. The normalized spacial score (nSPS) is 13.5. The van der Waals surface area contributed by atoms with Gasteiger partial charge in [-0.05, 0) is 17.7 Å². The third-order valence-corrected chi connectivity index (χ3v) is 3.42. The van der Waals surface area contributed by atoms with Crippen LogP contribution in [0.25, 0.3) is 0 Å². The largest absolute Gasteiger partial charge is 0.460 e. The summed E-state index contributed by atoms with van der Waals surface area (Å²) in [6, 6.07) is 4.31. The molecule has 1 atom stereocenters. The Morgan fingerprint density at radius 1 is 1.35 bits per heavy atom. The Morgan fingerprint density at radius 2 is 2.09 bits per heavy atom. The fourth-order valence-electron chi connectivity index (χ4n) is 1.97. The van der Waals surface area contributed by atoms with E-state index in [2.05, 4.69) is 11.9 Å². The van der Waals surface area contributed by atoms with Crippen LogP contribution in [0.2, 0.25) is 0 Å². The molecule has 1 aliphatic heterocycles. The minimum atomic E-state index is -1.28. The van der Waals surface area contributed by atoms with Gasteiger partial charge < -0.3 is 19.5 Å². The molecule has 1 amide bonds. The molecule has 1 aromatic rings. The summed E-state index contributed by atoms with van der Waals surface area (Å²) in [5.74, 6) is -0.0655. The van der Waals surface area contributed by atoms with E-state index in [-0.39, 0.29) is 19.8 Å². The number of carbonyl (C=O) groups excluding carboxylic acids is 2. The van der Waals surface area contributed by atoms with E-state index in [1.54, 1.807) is 18.2 Å². The number of carbonyl (C=O) groups is 2. The summed E-state index contributed by atoms with van der Waals surface area (Å²) < 4.78 is 15.5. The van der Waals surface area contributed by atoms with Gasteiger partial charge in [0, 0.05) is 6.42 Å². The highest BCUT2D eigenvalue weighted by molar-refractivity contribution is 6.53. The summed E-state index contributed by atoms with van der Waals surface area (Å²) in [5.41, 5.74) is 0.760. The molecule has 0 saturated carbocycles. The van der Waals surface area contributed by atoms with Crippen LogP contribution in [0.5, 0.6) is 11.5 Å². The Balaban J connectivity index is 2.10. The number of fused-ring (bicyclic) bond motifs is 1. The molecular weight excluding hydrogens is 345 g/mol. The SMILES string of the molecule is C=CCOC(=O)C(Cc1ccc2c(c1)OCO2)NC(=O)C(Cl)Cl. The number of amides is 1. The van der Waals surface area contributed by atoms with E-state index in [1.807, 2.05) is 0 Å². The van der Waals surface area contributed by atoms with Gasteiger partial charge in [0.25, 0.3) is 5.91 Å². The van der Waals surface area contributed by atoms with Gasteiger partial charge in [0.05, 0.1) is 0 Å². The Bertz CT molecular complexity index is 606. The van der Waals surface area contributed by atoms with Gasteiger partial charge in [0.15, 0.2) is 16.3 Å². The maximum absolute atomic E-state index is 12.1. The first-order chi connectivity index (χ1) is 11.0. The molecule has 6 nitrogen and oxygen atoms in total. The van der Waals surface area contributed by atoms with Gasteiger partial charge in [-0.3, -0.25) is 4.79 Å². The molecule has 0 fully saturated rings. The first-order valence-corrected chi connectivity index (χ1v) is 7.63. The van der Waals surface area contributed by atoms with Crippen LogP contribution in [0.4, 0.5) is 0 Å². The molecular formula is C15H15Cl2NO5. The average Bonchev–Trinajstić information content (AvgIpc) is 2.99. The van der Waals surface area contributed by atoms with E-state index in [9.17, 15) is 9.59 Å². The van der Waals surface area contributed by atoms with Crippen molar-refractivity contribution in [3.63, 3.8) is 0 Å². The van der Waals surface area contributed by atoms with Crippen molar-refractivity contribution < 1.29 is 23.8 Å². The molecule has 124 valence electrons. The Kier molecular flexibility index (Phi) is 6.12. The molecule has 1 unspecified atom stereocenters. The van der Waals surface area contributed by atoms with Gasteiger partial charge in [-0.15, -0.1) is 0 Å². The zero-order valence-corrected chi connectivity index (χ0v) is 13.6. The van der Waals surface area contributed by atoms with Crippen LogP contribution >= 0.6 is 23.2 Å². The molecule has 0 spiro atoms. The Morgan fingerprint density at radius 3 is 2.78 bits per heavy atom. The van der Waals surface area contributed by atoms with Crippen LogP contribution in [0.15, 0.2) is 30.9 Å². The van der Waals surface area contributed by atoms with Gasteiger partial charge in [0.2, 0.25) is 6.79 Å².